The van der Waals surface area contributed by atoms with Crippen LogP contribution < -0.4 is 9.47 Å². The second-order valence-corrected chi connectivity index (χ2v) is 18.8. The molecule has 0 atom stereocenters. The smallest absolute Gasteiger partial charge is 0.161 e. The molecule has 56 heavy (non-hydrogen) atoms. The van der Waals surface area contributed by atoms with Gasteiger partial charge >= 0.3 is 0 Å². The van der Waals surface area contributed by atoms with Crippen molar-refractivity contribution in [3.05, 3.63) is 115 Å². The lowest BCUT2D eigenvalue weighted by Crippen LogP contribution is -2.43. The fraction of sp³-hybridized carbons (Fsp3) is 0.500. The van der Waals surface area contributed by atoms with E-state index in [9.17, 15) is 0 Å². The number of unbranched alkanes of at least 4 members (excludes halogenated alkanes) is 5. The van der Waals surface area contributed by atoms with E-state index in [2.05, 4.69) is 132 Å². The molecule has 4 aromatic rings. The molecule has 2 heterocycles. The Morgan fingerprint density at radius 1 is 0.536 bits per heavy atom. The highest BCUT2D eigenvalue weighted by Crippen LogP contribution is 2.58. The Balaban J connectivity index is 1.11. The van der Waals surface area contributed by atoms with E-state index >= 15 is 0 Å². The lowest BCUT2D eigenvalue weighted by atomic mass is 9.66. The predicted molar refractivity (Wildman–Crippen MR) is 231 cm³/mol. The van der Waals surface area contributed by atoms with Crippen LogP contribution in [0.15, 0.2) is 81.7 Å². The first-order valence-corrected chi connectivity index (χ1v) is 22.1. The maximum absolute atomic E-state index is 6.72. The van der Waals surface area contributed by atoms with Crippen LogP contribution in [0.3, 0.4) is 0 Å². The number of ether oxygens (including phenoxy) is 6. The lowest BCUT2D eigenvalue weighted by Gasteiger charge is -2.37. The Labute approximate surface area is 351 Å². The fourth-order valence-electron chi connectivity index (χ4n) is 8.35. The Bertz CT molecular complexity index is 1900. The fourth-order valence-corrected chi connectivity index (χ4v) is 9.07. The van der Waals surface area contributed by atoms with Crippen LogP contribution in [0.1, 0.15) is 92.2 Å². The number of fused-ring (bicyclic) bond motifs is 3. The Morgan fingerprint density at radius 2 is 1.05 bits per heavy atom. The monoisotopic (exact) mass is 888 g/mol. The summed E-state index contributed by atoms with van der Waals surface area (Å²) in [5, 5.41) is 0. The molecule has 0 N–H and O–H groups in total. The van der Waals surface area contributed by atoms with E-state index < -0.39 is 5.41 Å². The van der Waals surface area contributed by atoms with Crippen LogP contribution in [-0.4, -0.2) is 66.1 Å². The third-order valence-electron chi connectivity index (χ3n) is 11.6. The predicted octanol–water partition coefficient (Wildman–Crippen LogP) is 11.8. The second-order valence-electron chi connectivity index (χ2n) is 17.0. The molecular formula is C48H58Br2O6. The van der Waals surface area contributed by atoms with Gasteiger partial charge in [-0.15, -0.1) is 0 Å². The quantitative estimate of drug-likeness (QED) is 0.0684. The minimum absolute atomic E-state index is 0.184. The normalized spacial score (nSPS) is 17.1. The molecule has 0 radical (unpaired) electrons. The van der Waals surface area contributed by atoms with Gasteiger partial charge in [0.05, 0.1) is 58.3 Å². The minimum Gasteiger partial charge on any atom is -0.490 e. The SMILES string of the molecule is Cc1ccc(C)c(C2(c3ccc(OCCCCCCOCC4(C)COC4)c(OCCCCCOCC4(C)COC4)c3)c3cc(Br)ccc3-c3ccc(Br)cc32)c1. The van der Waals surface area contributed by atoms with Gasteiger partial charge in [-0.05, 0) is 128 Å². The van der Waals surface area contributed by atoms with Gasteiger partial charge in [-0.25, -0.2) is 0 Å². The molecule has 8 heteroatoms. The van der Waals surface area contributed by atoms with Crippen molar-refractivity contribution in [2.45, 2.75) is 78.1 Å². The van der Waals surface area contributed by atoms with E-state index in [1.807, 2.05) is 0 Å². The molecule has 0 saturated carbocycles. The standard InChI is InChI=1S/C48H58Br2O6/c1-34-12-13-35(2)41(24-34)48(42-26-37(49)15-17-39(42)40-18-16-38(50)27-43(40)48)36-14-19-44(55-22-10-6-5-8-20-51-28-46(3)30-53-31-46)45(25-36)56-23-11-7-9-21-52-29-47(4)32-54-33-47/h12-19,24-27H,5-11,20-23,28-33H2,1-4H3. The highest BCUT2D eigenvalue weighted by atomic mass is 79.9. The summed E-state index contributed by atoms with van der Waals surface area (Å²) in [7, 11) is 0. The maximum atomic E-state index is 6.72. The molecule has 0 unspecified atom stereocenters. The zero-order valence-corrected chi connectivity index (χ0v) is 36.8. The molecule has 0 aromatic heterocycles. The first kappa shape index (κ1) is 41.4. The Morgan fingerprint density at radius 3 is 1.59 bits per heavy atom. The number of hydrogen-bond donors (Lipinski definition) is 0. The maximum Gasteiger partial charge on any atom is 0.161 e. The van der Waals surface area contributed by atoms with Crippen LogP contribution in [0, 0.1) is 24.7 Å². The zero-order valence-electron chi connectivity index (χ0n) is 33.7. The highest BCUT2D eigenvalue weighted by molar-refractivity contribution is 9.10. The van der Waals surface area contributed by atoms with Crippen molar-refractivity contribution >= 4 is 31.9 Å². The molecule has 300 valence electrons. The van der Waals surface area contributed by atoms with Crippen LogP contribution in [0.4, 0.5) is 0 Å². The van der Waals surface area contributed by atoms with E-state index in [4.69, 9.17) is 28.4 Å². The summed E-state index contributed by atoms with van der Waals surface area (Å²) in [6, 6.07) is 26.9. The van der Waals surface area contributed by atoms with Crippen molar-refractivity contribution in [2.75, 3.05) is 66.1 Å². The van der Waals surface area contributed by atoms with Crippen molar-refractivity contribution in [2.24, 2.45) is 10.8 Å². The summed E-state index contributed by atoms with van der Waals surface area (Å²) in [6.45, 7) is 16.5. The van der Waals surface area contributed by atoms with Gasteiger partial charge in [-0.1, -0.05) is 94.1 Å². The zero-order chi connectivity index (χ0) is 39.2. The van der Waals surface area contributed by atoms with Gasteiger partial charge in [-0.3, -0.25) is 0 Å². The van der Waals surface area contributed by atoms with Gasteiger partial charge in [0.2, 0.25) is 0 Å². The van der Waals surface area contributed by atoms with E-state index in [0.717, 1.165) is 124 Å². The molecule has 7 rings (SSSR count). The summed E-state index contributed by atoms with van der Waals surface area (Å²) >= 11 is 7.70. The first-order chi connectivity index (χ1) is 27.1. The van der Waals surface area contributed by atoms with Crippen molar-refractivity contribution in [3.63, 3.8) is 0 Å². The number of rotatable bonds is 21. The van der Waals surface area contributed by atoms with E-state index in [1.54, 1.807) is 0 Å². The molecule has 0 amide bonds. The number of hydrogen-bond acceptors (Lipinski definition) is 6. The van der Waals surface area contributed by atoms with E-state index in [1.165, 1.54) is 38.9 Å². The van der Waals surface area contributed by atoms with Crippen molar-refractivity contribution in [1.29, 1.82) is 0 Å². The van der Waals surface area contributed by atoms with Gasteiger partial charge < -0.3 is 28.4 Å². The Hall–Kier alpha value is -2.72. The average molecular weight is 891 g/mol. The van der Waals surface area contributed by atoms with Gasteiger partial charge in [0.1, 0.15) is 0 Å². The largest absolute Gasteiger partial charge is 0.490 e. The molecule has 2 aliphatic heterocycles. The number of aryl methyl sites for hydroxylation is 2. The van der Waals surface area contributed by atoms with Crippen LogP contribution >= 0.6 is 31.9 Å². The topological polar surface area (TPSA) is 55.4 Å². The van der Waals surface area contributed by atoms with Gasteiger partial charge in [0, 0.05) is 33.0 Å². The lowest BCUT2D eigenvalue weighted by molar-refractivity contribution is -0.138. The average Bonchev–Trinajstić information content (AvgIpc) is 3.43. The number of halogens is 2. The van der Waals surface area contributed by atoms with Crippen molar-refractivity contribution < 1.29 is 28.4 Å². The molecule has 2 fully saturated rings. The minimum atomic E-state index is -0.574. The summed E-state index contributed by atoms with van der Waals surface area (Å²) in [5.41, 5.74) is 9.74. The molecule has 2 saturated heterocycles. The van der Waals surface area contributed by atoms with Crippen LogP contribution in [0.5, 0.6) is 11.5 Å². The van der Waals surface area contributed by atoms with Crippen LogP contribution in [0.2, 0.25) is 0 Å². The van der Waals surface area contributed by atoms with Crippen molar-refractivity contribution in [1.82, 2.24) is 0 Å². The third kappa shape index (κ3) is 9.27. The van der Waals surface area contributed by atoms with E-state index in [0.29, 0.717) is 13.2 Å². The van der Waals surface area contributed by atoms with Crippen molar-refractivity contribution in [3.8, 4) is 22.6 Å². The molecular weight excluding hydrogens is 832 g/mol. The first-order valence-electron chi connectivity index (χ1n) is 20.5. The molecule has 0 bridgehead atoms. The summed E-state index contributed by atoms with van der Waals surface area (Å²) in [6.07, 6.45) is 7.25. The highest BCUT2D eigenvalue weighted by Gasteiger charge is 2.47. The van der Waals surface area contributed by atoms with Crippen LogP contribution in [-0.2, 0) is 24.4 Å². The summed E-state index contributed by atoms with van der Waals surface area (Å²) in [4.78, 5) is 0. The van der Waals surface area contributed by atoms with Crippen LogP contribution in [0.25, 0.3) is 11.1 Å². The Kier molecular flexibility index (Phi) is 13.7. The number of benzene rings is 4. The summed E-state index contributed by atoms with van der Waals surface area (Å²) in [5.74, 6) is 1.59. The molecule has 3 aliphatic rings. The van der Waals surface area contributed by atoms with Gasteiger partial charge in [-0.2, -0.15) is 0 Å². The summed E-state index contributed by atoms with van der Waals surface area (Å²) < 4.78 is 38.1. The van der Waals surface area contributed by atoms with E-state index in [-0.39, 0.29) is 10.8 Å². The third-order valence-corrected chi connectivity index (χ3v) is 12.6. The molecule has 4 aromatic carbocycles. The molecule has 1 aliphatic carbocycles. The molecule has 6 nitrogen and oxygen atoms in total. The van der Waals surface area contributed by atoms with Gasteiger partial charge in [0.15, 0.2) is 11.5 Å². The molecule has 0 spiro atoms. The second kappa shape index (κ2) is 18.5. The van der Waals surface area contributed by atoms with Gasteiger partial charge in [0.25, 0.3) is 0 Å².